The highest BCUT2D eigenvalue weighted by Gasteiger charge is 2.29. The molecule has 1 atom stereocenters. The van der Waals surface area contributed by atoms with E-state index in [0.717, 1.165) is 5.56 Å². The lowest BCUT2D eigenvalue weighted by Gasteiger charge is -2.09. The molecule has 22 heavy (non-hydrogen) atoms. The fourth-order valence-electron chi connectivity index (χ4n) is 2.39. The first-order valence-electron chi connectivity index (χ1n) is 7.06. The summed E-state index contributed by atoms with van der Waals surface area (Å²) in [6.45, 7) is 1.54. The van der Waals surface area contributed by atoms with Crippen LogP contribution in [0.1, 0.15) is 18.4 Å². The summed E-state index contributed by atoms with van der Waals surface area (Å²) in [4.78, 5) is 23.3. The predicted octanol–water partition coefficient (Wildman–Crippen LogP) is 1.30. The number of hydrogen-bond acceptors (Lipinski definition) is 5. The largest absolute Gasteiger partial charge is 0.456 e. The maximum Gasteiger partial charge on any atom is 0.306 e. The van der Waals surface area contributed by atoms with Gasteiger partial charge in [0.1, 0.15) is 0 Å². The zero-order valence-electron chi connectivity index (χ0n) is 12.4. The number of carbonyl (C=O) groups excluding carboxylic acids is 2. The average Bonchev–Trinajstić information content (AvgIpc) is 2.75. The van der Waals surface area contributed by atoms with E-state index in [2.05, 4.69) is 5.32 Å². The van der Waals surface area contributed by atoms with E-state index in [1.54, 1.807) is 6.07 Å². The lowest BCUT2D eigenvalue weighted by molar-refractivity contribution is -0.148. The van der Waals surface area contributed by atoms with Crippen LogP contribution in [0.2, 0.25) is 0 Å². The Bertz CT molecular complexity index is 668. The number of nitrogens with one attached hydrogen (secondary N) is 1. The van der Waals surface area contributed by atoms with E-state index in [4.69, 9.17) is 4.74 Å². The highest BCUT2D eigenvalue weighted by molar-refractivity contribution is 7.91. The van der Waals surface area contributed by atoms with Gasteiger partial charge >= 0.3 is 5.97 Å². The molecular formula is C15H19NO5S. The van der Waals surface area contributed by atoms with Gasteiger partial charge in [-0.3, -0.25) is 9.59 Å². The summed E-state index contributed by atoms with van der Waals surface area (Å²) < 4.78 is 27.5. The summed E-state index contributed by atoms with van der Waals surface area (Å²) in [5.74, 6) is -1.01. The van der Waals surface area contributed by atoms with Gasteiger partial charge in [0.15, 0.2) is 16.4 Å². The first kappa shape index (κ1) is 16.5. The number of esters is 1. The smallest absolute Gasteiger partial charge is 0.306 e. The molecular weight excluding hydrogens is 306 g/mol. The van der Waals surface area contributed by atoms with Crippen molar-refractivity contribution in [3.05, 3.63) is 29.8 Å². The van der Waals surface area contributed by atoms with Gasteiger partial charge in [-0.15, -0.1) is 0 Å². The van der Waals surface area contributed by atoms with Gasteiger partial charge in [0.2, 0.25) is 0 Å². The molecule has 0 saturated carbocycles. The molecule has 0 aliphatic carbocycles. The fraction of sp³-hybridized carbons (Fsp3) is 0.467. The number of amides is 1. The molecule has 1 aromatic carbocycles. The Balaban J connectivity index is 1.73. The zero-order valence-corrected chi connectivity index (χ0v) is 13.2. The standard InChI is InChI=1S/C15H19NO5S/c1-11-3-2-4-13(7-11)16-14(17)9-21-15(18)8-12-5-6-22(19,20)10-12/h2-4,7,12H,5-6,8-10H2,1H3,(H,16,17)/t12-/m1/s1. The van der Waals surface area contributed by atoms with Crippen molar-refractivity contribution in [2.45, 2.75) is 19.8 Å². The van der Waals surface area contributed by atoms with Gasteiger partial charge in [0.25, 0.3) is 5.91 Å². The van der Waals surface area contributed by atoms with Crippen LogP contribution in [0.4, 0.5) is 5.69 Å². The molecule has 2 rings (SSSR count). The number of rotatable bonds is 5. The van der Waals surface area contributed by atoms with Gasteiger partial charge in [-0.25, -0.2) is 8.42 Å². The molecule has 1 heterocycles. The molecule has 0 radical (unpaired) electrons. The SMILES string of the molecule is Cc1cccc(NC(=O)COC(=O)C[C@H]2CCS(=O)(=O)C2)c1. The van der Waals surface area contributed by atoms with Crippen LogP contribution in [0.3, 0.4) is 0 Å². The van der Waals surface area contributed by atoms with Crippen LogP contribution in [0.25, 0.3) is 0 Å². The highest BCUT2D eigenvalue weighted by Crippen LogP contribution is 2.21. The van der Waals surface area contributed by atoms with Gasteiger partial charge in [0.05, 0.1) is 11.5 Å². The number of hydrogen-bond donors (Lipinski definition) is 1. The average molecular weight is 325 g/mol. The molecule has 0 aromatic heterocycles. The number of anilines is 1. The quantitative estimate of drug-likeness (QED) is 0.824. The first-order chi connectivity index (χ1) is 10.3. The Hall–Kier alpha value is -1.89. The first-order valence-corrected chi connectivity index (χ1v) is 8.89. The van der Waals surface area contributed by atoms with Gasteiger partial charge in [-0.05, 0) is 37.0 Å². The molecule has 0 spiro atoms. The third-order valence-electron chi connectivity index (χ3n) is 3.45. The summed E-state index contributed by atoms with van der Waals surface area (Å²) >= 11 is 0. The topological polar surface area (TPSA) is 89.5 Å². The van der Waals surface area contributed by atoms with E-state index in [1.165, 1.54) is 0 Å². The van der Waals surface area contributed by atoms with Crippen molar-refractivity contribution >= 4 is 27.4 Å². The minimum absolute atomic E-state index is 0.0254. The van der Waals surface area contributed by atoms with Crippen molar-refractivity contribution in [2.75, 3.05) is 23.4 Å². The Morgan fingerprint density at radius 1 is 1.36 bits per heavy atom. The number of benzene rings is 1. The predicted molar refractivity (Wildman–Crippen MR) is 82.1 cm³/mol. The molecule has 7 heteroatoms. The molecule has 1 saturated heterocycles. The summed E-state index contributed by atoms with van der Waals surface area (Å²) in [6, 6.07) is 7.28. The molecule has 6 nitrogen and oxygen atoms in total. The molecule has 1 amide bonds. The second-order valence-electron chi connectivity index (χ2n) is 5.55. The number of carbonyl (C=O) groups is 2. The minimum atomic E-state index is -3.00. The third-order valence-corrected chi connectivity index (χ3v) is 5.29. The van der Waals surface area contributed by atoms with Crippen molar-refractivity contribution < 1.29 is 22.7 Å². The molecule has 1 aliphatic heterocycles. The molecule has 0 bridgehead atoms. The van der Waals surface area contributed by atoms with E-state index >= 15 is 0 Å². The second-order valence-corrected chi connectivity index (χ2v) is 7.78. The fourth-order valence-corrected chi connectivity index (χ4v) is 4.26. The van der Waals surface area contributed by atoms with E-state index in [0.29, 0.717) is 12.1 Å². The molecule has 0 unspecified atom stereocenters. The van der Waals surface area contributed by atoms with Crippen LogP contribution < -0.4 is 5.32 Å². The van der Waals surface area contributed by atoms with E-state index in [1.807, 2.05) is 25.1 Å². The summed E-state index contributed by atoms with van der Waals surface area (Å²) in [6.07, 6.45) is 0.518. The number of aryl methyl sites for hydroxylation is 1. The van der Waals surface area contributed by atoms with E-state index in [9.17, 15) is 18.0 Å². The zero-order chi connectivity index (χ0) is 16.2. The Morgan fingerprint density at radius 3 is 2.77 bits per heavy atom. The molecule has 1 aliphatic rings. The van der Waals surface area contributed by atoms with Crippen molar-refractivity contribution in [1.29, 1.82) is 0 Å². The van der Waals surface area contributed by atoms with Crippen molar-refractivity contribution in [2.24, 2.45) is 5.92 Å². The monoisotopic (exact) mass is 325 g/mol. The maximum atomic E-state index is 11.7. The second kappa shape index (κ2) is 6.91. The van der Waals surface area contributed by atoms with Gasteiger partial charge in [0, 0.05) is 12.1 Å². The van der Waals surface area contributed by atoms with Gasteiger partial charge in [-0.2, -0.15) is 0 Å². The summed E-state index contributed by atoms with van der Waals surface area (Å²) in [7, 11) is -3.00. The lowest BCUT2D eigenvalue weighted by Crippen LogP contribution is -2.22. The van der Waals surface area contributed by atoms with E-state index in [-0.39, 0.29) is 30.5 Å². The number of sulfone groups is 1. The molecule has 1 N–H and O–H groups in total. The summed E-state index contributed by atoms with van der Waals surface area (Å²) in [5, 5.41) is 2.63. The number of ether oxygens (including phenoxy) is 1. The van der Waals surface area contributed by atoms with Crippen LogP contribution >= 0.6 is 0 Å². The van der Waals surface area contributed by atoms with Crippen molar-refractivity contribution in [3.63, 3.8) is 0 Å². The maximum absolute atomic E-state index is 11.7. The highest BCUT2D eigenvalue weighted by atomic mass is 32.2. The van der Waals surface area contributed by atoms with Crippen LogP contribution in [-0.2, 0) is 24.2 Å². The molecule has 1 aromatic rings. The van der Waals surface area contributed by atoms with Crippen LogP contribution in [0.5, 0.6) is 0 Å². The van der Waals surface area contributed by atoms with Crippen LogP contribution in [0, 0.1) is 12.8 Å². The van der Waals surface area contributed by atoms with Crippen molar-refractivity contribution in [1.82, 2.24) is 0 Å². The Labute approximate surface area is 129 Å². The summed E-state index contributed by atoms with van der Waals surface area (Å²) in [5.41, 5.74) is 1.65. The lowest BCUT2D eigenvalue weighted by atomic mass is 10.1. The third kappa shape index (κ3) is 5.14. The normalized spacial score (nSPS) is 19.6. The molecule has 1 fully saturated rings. The van der Waals surface area contributed by atoms with Crippen LogP contribution in [-0.4, -0.2) is 38.4 Å². The van der Waals surface area contributed by atoms with Gasteiger partial charge < -0.3 is 10.1 Å². The minimum Gasteiger partial charge on any atom is -0.456 e. The van der Waals surface area contributed by atoms with Crippen molar-refractivity contribution in [3.8, 4) is 0 Å². The van der Waals surface area contributed by atoms with Crippen LogP contribution in [0.15, 0.2) is 24.3 Å². The Kier molecular flexibility index (Phi) is 5.18. The van der Waals surface area contributed by atoms with Gasteiger partial charge in [-0.1, -0.05) is 12.1 Å². The Morgan fingerprint density at radius 2 is 2.14 bits per heavy atom. The molecule has 120 valence electrons. The van der Waals surface area contributed by atoms with E-state index < -0.39 is 21.7 Å².